The second kappa shape index (κ2) is 5.88. The molecule has 1 aromatic heterocycles. The van der Waals surface area contributed by atoms with E-state index in [-0.39, 0.29) is 17.2 Å². The van der Waals surface area contributed by atoms with Crippen LogP contribution in [0.15, 0.2) is 30.6 Å². The first-order chi connectivity index (χ1) is 10.6. The van der Waals surface area contributed by atoms with Crippen LogP contribution in [0, 0.1) is 0 Å². The van der Waals surface area contributed by atoms with Crippen LogP contribution in [0.5, 0.6) is 5.75 Å². The molecule has 116 valence electrons. The van der Waals surface area contributed by atoms with Crippen molar-refractivity contribution in [3.05, 3.63) is 41.2 Å². The lowest BCUT2D eigenvalue weighted by atomic mass is 10.1. The molecule has 2 aromatic rings. The Labute approximate surface area is 133 Å². The zero-order valence-corrected chi connectivity index (χ0v) is 13.0. The summed E-state index contributed by atoms with van der Waals surface area (Å²) < 4.78 is 1.96. The summed E-state index contributed by atoms with van der Waals surface area (Å²) in [5.41, 5.74) is 0.287. The molecule has 0 radical (unpaired) electrons. The van der Waals surface area contributed by atoms with E-state index in [9.17, 15) is 9.90 Å². The van der Waals surface area contributed by atoms with Gasteiger partial charge in [0.05, 0.1) is 5.56 Å². The Morgan fingerprint density at radius 3 is 2.59 bits per heavy atom. The van der Waals surface area contributed by atoms with Gasteiger partial charge in [0.25, 0.3) is 5.91 Å². The lowest BCUT2D eigenvalue weighted by molar-refractivity contribution is 0.0743. The van der Waals surface area contributed by atoms with Gasteiger partial charge in [-0.3, -0.25) is 4.79 Å². The van der Waals surface area contributed by atoms with Crippen LogP contribution >= 0.6 is 11.6 Å². The zero-order valence-electron chi connectivity index (χ0n) is 12.2. The maximum absolute atomic E-state index is 12.5. The van der Waals surface area contributed by atoms with Crippen molar-refractivity contribution in [3.8, 4) is 5.75 Å². The van der Waals surface area contributed by atoms with Crippen LogP contribution in [0.3, 0.4) is 0 Å². The molecule has 7 heteroatoms. The standard InChI is InChI=1S/C15H17ClN4O2/c1-18-5-4-17-15(18)20-8-6-19(7-9-20)14(22)12-3-2-11(16)10-13(12)21/h2-5,10,21H,6-9H2,1H3. The van der Waals surface area contributed by atoms with Gasteiger partial charge in [-0.2, -0.15) is 0 Å². The summed E-state index contributed by atoms with van der Waals surface area (Å²) in [6.07, 6.45) is 3.66. The predicted molar refractivity (Wildman–Crippen MR) is 84.4 cm³/mol. The summed E-state index contributed by atoms with van der Waals surface area (Å²) in [5.74, 6) is 0.652. The highest BCUT2D eigenvalue weighted by Gasteiger charge is 2.25. The minimum absolute atomic E-state index is 0.0796. The van der Waals surface area contributed by atoms with Crippen molar-refractivity contribution in [2.45, 2.75) is 0 Å². The third-order valence-electron chi connectivity index (χ3n) is 3.84. The number of aromatic hydroxyl groups is 1. The quantitative estimate of drug-likeness (QED) is 0.915. The molecule has 1 fully saturated rings. The molecule has 0 saturated carbocycles. The van der Waals surface area contributed by atoms with E-state index in [1.54, 1.807) is 23.2 Å². The lowest BCUT2D eigenvalue weighted by Crippen LogP contribution is -2.49. The first kappa shape index (κ1) is 14.7. The smallest absolute Gasteiger partial charge is 0.257 e. The minimum Gasteiger partial charge on any atom is -0.507 e. The van der Waals surface area contributed by atoms with Gasteiger partial charge in [-0.05, 0) is 18.2 Å². The number of carbonyl (C=O) groups is 1. The molecule has 1 N–H and O–H groups in total. The van der Waals surface area contributed by atoms with Crippen LogP contribution in [0.2, 0.25) is 5.02 Å². The molecule has 1 aliphatic rings. The van der Waals surface area contributed by atoms with Crippen molar-refractivity contribution in [1.29, 1.82) is 0 Å². The number of phenols is 1. The number of phenolic OH excluding ortho intramolecular Hbond substituents is 1. The topological polar surface area (TPSA) is 61.6 Å². The van der Waals surface area contributed by atoms with Gasteiger partial charge in [0.1, 0.15) is 5.75 Å². The molecule has 22 heavy (non-hydrogen) atoms. The Morgan fingerprint density at radius 1 is 1.27 bits per heavy atom. The van der Waals surface area contributed by atoms with Crippen molar-refractivity contribution in [2.24, 2.45) is 7.05 Å². The fourth-order valence-corrected chi connectivity index (χ4v) is 2.79. The van der Waals surface area contributed by atoms with E-state index in [4.69, 9.17) is 11.6 Å². The molecule has 1 aromatic carbocycles. The number of aryl methyl sites for hydroxylation is 1. The predicted octanol–water partition coefficient (Wildman–Crippen LogP) is 1.74. The summed E-state index contributed by atoms with van der Waals surface area (Å²) in [5, 5.41) is 10.3. The number of nitrogens with zero attached hydrogens (tertiary/aromatic N) is 4. The van der Waals surface area contributed by atoms with E-state index >= 15 is 0 Å². The van der Waals surface area contributed by atoms with Crippen molar-refractivity contribution in [2.75, 3.05) is 31.1 Å². The summed E-state index contributed by atoms with van der Waals surface area (Å²) >= 11 is 5.80. The Balaban J connectivity index is 1.68. The summed E-state index contributed by atoms with van der Waals surface area (Å²) in [6, 6.07) is 4.56. The fraction of sp³-hybridized carbons (Fsp3) is 0.333. The first-order valence-corrected chi connectivity index (χ1v) is 7.44. The maximum Gasteiger partial charge on any atom is 0.257 e. The number of carbonyl (C=O) groups excluding carboxylic acids is 1. The number of aromatic nitrogens is 2. The largest absolute Gasteiger partial charge is 0.507 e. The van der Waals surface area contributed by atoms with Gasteiger partial charge in [-0.1, -0.05) is 11.6 Å². The number of anilines is 1. The number of amides is 1. The van der Waals surface area contributed by atoms with E-state index in [0.29, 0.717) is 31.2 Å². The Bertz CT molecular complexity index is 693. The van der Waals surface area contributed by atoms with Gasteiger partial charge in [-0.25, -0.2) is 4.98 Å². The molecule has 1 aliphatic heterocycles. The van der Waals surface area contributed by atoms with Gasteiger partial charge in [0.2, 0.25) is 5.95 Å². The minimum atomic E-state index is -0.173. The van der Waals surface area contributed by atoms with Crippen LogP contribution in [0.4, 0.5) is 5.95 Å². The Hall–Kier alpha value is -2.21. The van der Waals surface area contributed by atoms with E-state index < -0.39 is 0 Å². The molecule has 0 bridgehead atoms. The number of piperazine rings is 1. The van der Waals surface area contributed by atoms with Crippen molar-refractivity contribution < 1.29 is 9.90 Å². The highest BCUT2D eigenvalue weighted by atomic mass is 35.5. The van der Waals surface area contributed by atoms with Crippen molar-refractivity contribution in [1.82, 2.24) is 14.5 Å². The number of rotatable bonds is 2. The molecule has 0 atom stereocenters. The second-order valence-corrected chi connectivity index (χ2v) is 5.72. The van der Waals surface area contributed by atoms with Crippen LogP contribution in [0.25, 0.3) is 0 Å². The molecular weight excluding hydrogens is 304 g/mol. The summed E-state index contributed by atoms with van der Waals surface area (Å²) in [7, 11) is 1.95. The third-order valence-corrected chi connectivity index (χ3v) is 4.07. The molecular formula is C15H17ClN4O2. The molecule has 2 heterocycles. The highest BCUT2D eigenvalue weighted by molar-refractivity contribution is 6.30. The van der Waals surface area contributed by atoms with Crippen LogP contribution in [0.1, 0.15) is 10.4 Å². The zero-order chi connectivity index (χ0) is 15.7. The Morgan fingerprint density at radius 2 is 2.00 bits per heavy atom. The van der Waals surface area contributed by atoms with Crippen molar-refractivity contribution >= 4 is 23.5 Å². The molecule has 1 saturated heterocycles. The van der Waals surface area contributed by atoms with Crippen LogP contribution in [-0.2, 0) is 7.05 Å². The number of hydrogen-bond acceptors (Lipinski definition) is 4. The normalized spacial score (nSPS) is 15.2. The molecule has 0 spiro atoms. The van der Waals surface area contributed by atoms with E-state index in [1.807, 2.05) is 17.8 Å². The number of halogens is 1. The van der Waals surface area contributed by atoms with E-state index in [0.717, 1.165) is 5.95 Å². The summed E-state index contributed by atoms with van der Waals surface area (Å²) in [4.78, 5) is 20.7. The van der Waals surface area contributed by atoms with Crippen LogP contribution in [-0.4, -0.2) is 51.6 Å². The molecule has 0 unspecified atom stereocenters. The van der Waals surface area contributed by atoms with Gasteiger partial charge >= 0.3 is 0 Å². The Kier molecular flexibility index (Phi) is 3.94. The molecule has 3 rings (SSSR count). The first-order valence-electron chi connectivity index (χ1n) is 7.06. The molecule has 1 amide bonds. The monoisotopic (exact) mass is 320 g/mol. The number of hydrogen-bond donors (Lipinski definition) is 1. The van der Waals surface area contributed by atoms with Crippen molar-refractivity contribution in [3.63, 3.8) is 0 Å². The number of imidazole rings is 1. The van der Waals surface area contributed by atoms with Gasteiger partial charge < -0.3 is 19.5 Å². The van der Waals surface area contributed by atoms with Crippen LogP contribution < -0.4 is 4.90 Å². The molecule has 0 aliphatic carbocycles. The average Bonchev–Trinajstić information content (AvgIpc) is 2.93. The second-order valence-electron chi connectivity index (χ2n) is 5.28. The fourth-order valence-electron chi connectivity index (χ4n) is 2.63. The number of benzene rings is 1. The molecule has 6 nitrogen and oxygen atoms in total. The van der Waals surface area contributed by atoms with E-state index in [1.165, 1.54) is 6.07 Å². The lowest BCUT2D eigenvalue weighted by Gasteiger charge is -2.35. The average molecular weight is 321 g/mol. The van der Waals surface area contributed by atoms with E-state index in [2.05, 4.69) is 9.88 Å². The van der Waals surface area contributed by atoms with Gasteiger partial charge in [0, 0.05) is 50.6 Å². The van der Waals surface area contributed by atoms with Gasteiger partial charge in [-0.15, -0.1) is 0 Å². The van der Waals surface area contributed by atoms with Gasteiger partial charge in [0.15, 0.2) is 0 Å². The highest BCUT2D eigenvalue weighted by Crippen LogP contribution is 2.24. The third kappa shape index (κ3) is 2.74. The SMILES string of the molecule is Cn1ccnc1N1CCN(C(=O)c2ccc(Cl)cc2O)CC1. The maximum atomic E-state index is 12.5. The summed E-state index contributed by atoms with van der Waals surface area (Å²) in [6.45, 7) is 2.61.